The van der Waals surface area contributed by atoms with Crippen molar-refractivity contribution >= 4 is 29.1 Å². The average molecular weight is 637 g/mol. The lowest BCUT2D eigenvalue weighted by molar-refractivity contribution is -0.119. The van der Waals surface area contributed by atoms with Crippen molar-refractivity contribution in [2.75, 3.05) is 27.3 Å². The number of carbonyl (C=O) groups is 1. The molecule has 0 radical (unpaired) electrons. The summed E-state index contributed by atoms with van der Waals surface area (Å²) in [6, 6.07) is 11.6. The van der Waals surface area contributed by atoms with E-state index in [2.05, 4.69) is 30.9 Å². The number of nitrogens with zero attached hydrogens (tertiary/aromatic N) is 4. The number of amides is 1. The molecule has 1 unspecified atom stereocenters. The van der Waals surface area contributed by atoms with Crippen LogP contribution in [0.2, 0.25) is 10.0 Å². The minimum Gasteiger partial charge on any atom is -0.480 e. The lowest BCUT2D eigenvalue weighted by Gasteiger charge is -2.15. The Bertz CT molecular complexity index is 1640. The molecule has 0 bridgehead atoms. The van der Waals surface area contributed by atoms with Gasteiger partial charge >= 0.3 is 0 Å². The number of rotatable bonds is 13. The fourth-order valence-electron chi connectivity index (χ4n) is 5.12. The van der Waals surface area contributed by atoms with Crippen LogP contribution in [0.25, 0.3) is 33.6 Å². The van der Waals surface area contributed by atoms with Crippen LogP contribution in [-0.4, -0.2) is 59.2 Å². The fourth-order valence-corrected chi connectivity index (χ4v) is 5.77. The normalized spacial score (nSPS) is 14.5. The van der Waals surface area contributed by atoms with Gasteiger partial charge in [0.2, 0.25) is 17.7 Å². The molecular weight excluding hydrogens is 601 g/mol. The van der Waals surface area contributed by atoms with Gasteiger partial charge in [0.05, 0.1) is 48.0 Å². The topological polar surface area (TPSA) is 123 Å². The maximum Gasteiger partial charge on any atom is 0.237 e. The van der Waals surface area contributed by atoms with E-state index in [4.69, 9.17) is 37.7 Å². The van der Waals surface area contributed by atoms with Crippen LogP contribution in [0.15, 0.2) is 48.8 Å². The van der Waals surface area contributed by atoms with Crippen LogP contribution in [-0.2, 0) is 17.9 Å². The Kier molecular flexibility index (Phi) is 10.6. The van der Waals surface area contributed by atoms with Gasteiger partial charge in [-0.15, -0.1) is 0 Å². The molecule has 5 rings (SSSR count). The van der Waals surface area contributed by atoms with Crippen LogP contribution in [0.1, 0.15) is 37.6 Å². The number of hydrogen-bond acceptors (Lipinski definition) is 9. The number of carbonyl (C=O) groups excluding carboxylic acids is 1. The molecule has 230 valence electrons. The third-order valence-corrected chi connectivity index (χ3v) is 8.25. The van der Waals surface area contributed by atoms with Crippen molar-refractivity contribution in [1.29, 1.82) is 0 Å². The van der Waals surface area contributed by atoms with Gasteiger partial charge in [-0.1, -0.05) is 66.5 Å². The van der Waals surface area contributed by atoms with E-state index in [-0.39, 0.29) is 11.9 Å². The fraction of sp³-hybridized carbons (Fsp3) is 0.344. The second kappa shape index (κ2) is 14.8. The zero-order valence-corrected chi connectivity index (χ0v) is 26.4. The first-order valence-corrected chi connectivity index (χ1v) is 15.3. The Labute approximate surface area is 266 Å². The molecule has 4 aromatic rings. The Hall–Kier alpha value is -3.83. The van der Waals surface area contributed by atoms with Gasteiger partial charge in [0, 0.05) is 47.8 Å². The lowest BCUT2D eigenvalue weighted by Crippen LogP contribution is -2.29. The van der Waals surface area contributed by atoms with Crippen molar-refractivity contribution in [3.8, 4) is 45.4 Å². The Morgan fingerprint density at radius 3 is 1.84 bits per heavy atom. The molecule has 0 spiro atoms. The Morgan fingerprint density at radius 1 is 0.841 bits per heavy atom. The number of methoxy groups -OCH3 is 2. The number of nitrogens with one attached hydrogen (secondary N) is 3. The highest BCUT2D eigenvalue weighted by atomic mass is 35.5. The highest BCUT2D eigenvalue weighted by Gasteiger charge is 2.21. The molecule has 12 heteroatoms. The van der Waals surface area contributed by atoms with Gasteiger partial charge in [-0.25, -0.2) is 9.97 Å². The van der Waals surface area contributed by atoms with Crippen molar-refractivity contribution in [2.45, 2.75) is 45.3 Å². The van der Waals surface area contributed by atoms with Gasteiger partial charge < -0.3 is 25.4 Å². The largest absolute Gasteiger partial charge is 0.480 e. The first kappa shape index (κ1) is 31.6. The molecule has 44 heavy (non-hydrogen) atoms. The Morgan fingerprint density at radius 2 is 1.36 bits per heavy atom. The van der Waals surface area contributed by atoms with Crippen molar-refractivity contribution in [1.82, 2.24) is 35.9 Å². The number of hydrogen-bond donors (Lipinski definition) is 3. The molecule has 1 atom stereocenters. The standard InChI is InChI=1S/C32H35Cl2N7O3/c1-4-35-15-26-31(43-2)40-24(17-37-26)22-9-5-7-20(29(22)33)21-8-6-10-23(30(21)34)25-18-38-27(32(41-25)44-3)16-36-14-13-19-11-12-28(42)39-19/h5-10,17-19,35-36H,4,11-16H2,1-3H3,(H,39,42). The predicted molar refractivity (Wildman–Crippen MR) is 172 cm³/mol. The summed E-state index contributed by atoms with van der Waals surface area (Å²) in [6.45, 7) is 4.61. The van der Waals surface area contributed by atoms with E-state index in [1.807, 2.05) is 43.3 Å². The molecule has 1 aliphatic heterocycles. The molecule has 0 aliphatic carbocycles. The maximum atomic E-state index is 11.4. The molecule has 2 aromatic carbocycles. The zero-order valence-electron chi connectivity index (χ0n) is 24.9. The summed E-state index contributed by atoms with van der Waals surface area (Å²) in [7, 11) is 3.14. The van der Waals surface area contributed by atoms with Gasteiger partial charge in [-0.2, -0.15) is 0 Å². The molecule has 1 amide bonds. The molecule has 0 saturated carbocycles. The molecule has 2 aromatic heterocycles. The Balaban J connectivity index is 1.38. The van der Waals surface area contributed by atoms with E-state index < -0.39 is 0 Å². The van der Waals surface area contributed by atoms with E-state index in [9.17, 15) is 4.79 Å². The van der Waals surface area contributed by atoms with E-state index in [1.165, 1.54) is 0 Å². The number of aromatic nitrogens is 4. The van der Waals surface area contributed by atoms with Gasteiger partial charge in [0.1, 0.15) is 11.4 Å². The summed E-state index contributed by atoms with van der Waals surface area (Å²) in [5, 5.41) is 10.6. The van der Waals surface area contributed by atoms with E-state index in [1.54, 1.807) is 26.6 Å². The molecule has 1 aliphatic rings. The molecule has 1 saturated heterocycles. The molecule has 3 N–H and O–H groups in total. The molecule has 3 heterocycles. The summed E-state index contributed by atoms with van der Waals surface area (Å²) in [6.07, 6.45) is 5.72. The average Bonchev–Trinajstić information content (AvgIpc) is 3.47. The highest BCUT2D eigenvalue weighted by molar-refractivity contribution is 6.39. The monoisotopic (exact) mass is 635 g/mol. The van der Waals surface area contributed by atoms with Crippen LogP contribution in [0.5, 0.6) is 11.8 Å². The zero-order chi connectivity index (χ0) is 31.1. The summed E-state index contributed by atoms with van der Waals surface area (Å²) >= 11 is 14.0. The quantitative estimate of drug-likeness (QED) is 0.164. The second-order valence-corrected chi connectivity index (χ2v) is 11.1. The van der Waals surface area contributed by atoms with Gasteiger partial charge in [0.15, 0.2) is 0 Å². The van der Waals surface area contributed by atoms with E-state index in [0.29, 0.717) is 69.5 Å². The van der Waals surface area contributed by atoms with Crippen molar-refractivity contribution in [2.24, 2.45) is 0 Å². The molecule has 1 fully saturated rings. The summed E-state index contributed by atoms with van der Waals surface area (Å²) < 4.78 is 11.1. The molecular formula is C32H35Cl2N7O3. The first-order chi connectivity index (χ1) is 21.4. The van der Waals surface area contributed by atoms with Crippen LogP contribution in [0.3, 0.4) is 0 Å². The summed E-state index contributed by atoms with van der Waals surface area (Å²) in [5.74, 6) is 0.977. The van der Waals surface area contributed by atoms with Gasteiger partial charge in [0.25, 0.3) is 0 Å². The van der Waals surface area contributed by atoms with Crippen LogP contribution in [0, 0.1) is 0 Å². The highest BCUT2D eigenvalue weighted by Crippen LogP contribution is 2.42. The second-order valence-electron chi connectivity index (χ2n) is 10.3. The summed E-state index contributed by atoms with van der Waals surface area (Å²) in [4.78, 5) is 30.0. The SMILES string of the molecule is CCNCc1ncc(-c2cccc(-c3cccc(-c4cnc(CNCCC5CCC(=O)N5)c(OC)n4)c3Cl)c2Cl)nc1OC. The van der Waals surface area contributed by atoms with Crippen LogP contribution in [0.4, 0.5) is 0 Å². The van der Waals surface area contributed by atoms with Crippen LogP contribution < -0.4 is 25.4 Å². The van der Waals surface area contributed by atoms with Crippen molar-refractivity contribution in [3.63, 3.8) is 0 Å². The predicted octanol–water partition coefficient (Wildman–Crippen LogP) is 5.46. The minimum absolute atomic E-state index is 0.122. The number of benzene rings is 2. The van der Waals surface area contributed by atoms with Gasteiger partial charge in [-0.3, -0.25) is 14.8 Å². The maximum absolute atomic E-state index is 11.4. The minimum atomic E-state index is 0.122. The van der Waals surface area contributed by atoms with Crippen molar-refractivity contribution in [3.05, 3.63) is 70.2 Å². The third kappa shape index (κ3) is 7.10. The lowest BCUT2D eigenvalue weighted by atomic mass is 9.98. The van der Waals surface area contributed by atoms with E-state index >= 15 is 0 Å². The van der Waals surface area contributed by atoms with E-state index in [0.717, 1.165) is 42.8 Å². The van der Waals surface area contributed by atoms with Crippen molar-refractivity contribution < 1.29 is 14.3 Å². The third-order valence-electron chi connectivity index (χ3n) is 7.44. The first-order valence-electron chi connectivity index (χ1n) is 14.5. The number of ether oxygens (including phenoxy) is 2. The number of halogens is 2. The van der Waals surface area contributed by atoms with Gasteiger partial charge in [-0.05, 0) is 25.9 Å². The molecule has 10 nitrogen and oxygen atoms in total. The smallest absolute Gasteiger partial charge is 0.237 e. The van der Waals surface area contributed by atoms with Crippen LogP contribution >= 0.6 is 23.2 Å². The summed E-state index contributed by atoms with van der Waals surface area (Å²) in [5.41, 5.74) is 5.46.